The Morgan fingerprint density at radius 1 is 0.912 bits per heavy atom. The molecule has 1 saturated heterocycles. The molecule has 4 rings (SSSR count). The van der Waals surface area contributed by atoms with Crippen molar-refractivity contribution < 1.29 is 40.6 Å². The van der Waals surface area contributed by atoms with Crippen molar-refractivity contribution in [3.05, 3.63) is 82.2 Å². The zero-order valence-electron chi connectivity index (χ0n) is 18.2. The highest BCUT2D eigenvalue weighted by Gasteiger charge is 2.37. The van der Waals surface area contributed by atoms with E-state index < -0.39 is 35.5 Å². The molecule has 0 N–H and O–H groups in total. The summed E-state index contributed by atoms with van der Waals surface area (Å²) in [4.78, 5) is 0. The third kappa shape index (κ3) is 5.21. The largest absolute Gasteiger partial charge is 0.422 e. The van der Waals surface area contributed by atoms with Crippen molar-refractivity contribution in [2.24, 2.45) is 0 Å². The van der Waals surface area contributed by atoms with Crippen molar-refractivity contribution >= 4 is 10.8 Å². The summed E-state index contributed by atoms with van der Waals surface area (Å²) in [7, 11) is 0. The van der Waals surface area contributed by atoms with E-state index in [-0.39, 0.29) is 30.1 Å². The second kappa shape index (κ2) is 9.93. The first-order chi connectivity index (χ1) is 16.2. The van der Waals surface area contributed by atoms with Gasteiger partial charge in [-0.1, -0.05) is 24.3 Å². The van der Waals surface area contributed by atoms with Gasteiger partial charge in [0.1, 0.15) is 29.1 Å². The van der Waals surface area contributed by atoms with Gasteiger partial charge in [0.25, 0.3) is 0 Å². The van der Waals surface area contributed by atoms with Crippen LogP contribution < -0.4 is 0 Å². The average molecular weight is 484 g/mol. The van der Waals surface area contributed by atoms with Crippen LogP contribution >= 0.6 is 0 Å². The number of fused-ring (bicyclic) bond motifs is 1. The van der Waals surface area contributed by atoms with Gasteiger partial charge in [-0.25, -0.2) is 13.2 Å². The second-order valence-electron chi connectivity index (χ2n) is 8.03. The molecule has 0 radical (unpaired) electrons. The molecule has 1 fully saturated rings. The zero-order chi connectivity index (χ0) is 24.5. The van der Waals surface area contributed by atoms with Gasteiger partial charge in [0, 0.05) is 17.6 Å². The monoisotopic (exact) mass is 484 g/mol. The lowest BCUT2D eigenvalue weighted by Crippen LogP contribution is -2.33. The highest BCUT2D eigenvalue weighted by Crippen LogP contribution is 2.34. The van der Waals surface area contributed by atoms with Crippen LogP contribution in [0.5, 0.6) is 0 Å². The fourth-order valence-electron chi connectivity index (χ4n) is 4.03. The summed E-state index contributed by atoms with van der Waals surface area (Å²) in [5.41, 5.74) is -0.908. The molecule has 34 heavy (non-hydrogen) atoms. The van der Waals surface area contributed by atoms with E-state index in [1.165, 1.54) is 0 Å². The lowest BCUT2D eigenvalue weighted by atomic mass is 9.98. The van der Waals surface area contributed by atoms with Crippen molar-refractivity contribution in [2.75, 3.05) is 19.8 Å². The molecule has 3 nitrogen and oxygen atoms in total. The molecule has 0 unspecified atom stereocenters. The van der Waals surface area contributed by atoms with Crippen molar-refractivity contribution in [3.63, 3.8) is 0 Å². The number of halogens is 6. The molecule has 1 aliphatic heterocycles. The minimum Gasteiger partial charge on any atom is -0.374 e. The lowest BCUT2D eigenvalue weighted by Gasteiger charge is -2.29. The third-order valence-corrected chi connectivity index (χ3v) is 5.67. The molecule has 3 aromatic rings. The lowest BCUT2D eigenvalue weighted by molar-refractivity contribution is -0.229. The number of rotatable bonds is 6. The first-order valence-corrected chi connectivity index (χ1v) is 10.8. The maximum atomic E-state index is 15.1. The number of ether oxygens (including phenoxy) is 3. The number of benzene rings is 3. The van der Waals surface area contributed by atoms with Gasteiger partial charge in [-0.15, -0.1) is 0 Å². The van der Waals surface area contributed by atoms with E-state index in [1.54, 1.807) is 30.3 Å². The Hall–Kier alpha value is -2.62. The summed E-state index contributed by atoms with van der Waals surface area (Å²) in [6.45, 7) is 3.21. The molecule has 0 aliphatic carbocycles. The summed E-state index contributed by atoms with van der Waals surface area (Å²) in [6.07, 6.45) is -5.82. The Balaban J connectivity index is 1.48. The molecule has 0 amide bonds. The normalized spacial score (nSPS) is 19.0. The van der Waals surface area contributed by atoms with E-state index in [0.29, 0.717) is 42.7 Å². The summed E-state index contributed by atoms with van der Waals surface area (Å²) >= 11 is 0. The van der Waals surface area contributed by atoms with Gasteiger partial charge in [0.05, 0.1) is 13.2 Å². The Labute approximate surface area is 192 Å². The molecule has 1 heterocycles. The maximum Gasteiger partial charge on any atom is 0.422 e. The van der Waals surface area contributed by atoms with E-state index in [0.717, 1.165) is 5.56 Å². The minimum atomic E-state index is -5.13. The number of aryl methyl sites for hydroxylation is 2. The van der Waals surface area contributed by atoms with Crippen molar-refractivity contribution in [1.82, 2.24) is 0 Å². The number of hydrogen-bond donors (Lipinski definition) is 0. The number of alkyl halides is 3. The topological polar surface area (TPSA) is 27.7 Å². The summed E-state index contributed by atoms with van der Waals surface area (Å²) in [5, 5.41) is 0.957. The highest BCUT2D eigenvalue weighted by atomic mass is 19.4. The van der Waals surface area contributed by atoms with E-state index in [4.69, 9.17) is 14.2 Å². The summed E-state index contributed by atoms with van der Waals surface area (Å²) in [6, 6.07) is 9.58. The summed E-state index contributed by atoms with van der Waals surface area (Å²) in [5.74, 6) is -3.87. The molecule has 1 aliphatic rings. The van der Waals surface area contributed by atoms with E-state index in [1.807, 2.05) is 6.92 Å². The smallest absolute Gasteiger partial charge is 0.374 e. The van der Waals surface area contributed by atoms with Crippen LogP contribution in [0, 0.1) is 17.5 Å². The fraction of sp³-hybridized carbons (Fsp3) is 0.360. The molecule has 0 atom stereocenters. The van der Waals surface area contributed by atoms with Crippen LogP contribution in [-0.4, -0.2) is 25.9 Å². The Bertz CT molecular complexity index is 1150. The average Bonchev–Trinajstić information content (AvgIpc) is 2.78. The van der Waals surface area contributed by atoms with E-state index in [2.05, 4.69) is 0 Å². The van der Waals surface area contributed by atoms with Gasteiger partial charge in [0.2, 0.25) is 0 Å². The van der Waals surface area contributed by atoms with Crippen LogP contribution in [0.4, 0.5) is 26.3 Å². The SMILES string of the molecule is CCOC1COC(c2ccc3c(F)c(CCc4cc(F)c(C(F)(F)F)c(F)c4)ccc3c2)OC1. The van der Waals surface area contributed by atoms with Gasteiger partial charge >= 0.3 is 6.18 Å². The predicted octanol–water partition coefficient (Wildman–Crippen LogP) is 6.51. The highest BCUT2D eigenvalue weighted by molar-refractivity contribution is 5.84. The van der Waals surface area contributed by atoms with Gasteiger partial charge < -0.3 is 14.2 Å². The third-order valence-electron chi connectivity index (χ3n) is 5.67. The molecule has 0 saturated carbocycles. The second-order valence-corrected chi connectivity index (χ2v) is 8.03. The molecule has 0 bridgehead atoms. The molecular weight excluding hydrogens is 462 g/mol. The van der Waals surface area contributed by atoms with Crippen LogP contribution in [0.25, 0.3) is 10.8 Å². The quantitative estimate of drug-likeness (QED) is 0.373. The van der Waals surface area contributed by atoms with Crippen LogP contribution in [0.2, 0.25) is 0 Å². The van der Waals surface area contributed by atoms with Gasteiger partial charge in [-0.3, -0.25) is 0 Å². The molecule has 9 heteroatoms. The Morgan fingerprint density at radius 3 is 2.21 bits per heavy atom. The summed E-state index contributed by atoms with van der Waals surface area (Å²) < 4.78 is 97.8. The molecule has 182 valence electrons. The molecule has 0 aromatic heterocycles. The van der Waals surface area contributed by atoms with Crippen LogP contribution in [0.15, 0.2) is 42.5 Å². The Kier molecular flexibility index (Phi) is 7.16. The number of hydrogen-bond acceptors (Lipinski definition) is 3. The van der Waals surface area contributed by atoms with Gasteiger partial charge in [-0.05, 0) is 54.5 Å². The molecule has 0 spiro atoms. The van der Waals surface area contributed by atoms with E-state index >= 15 is 4.39 Å². The first-order valence-electron chi connectivity index (χ1n) is 10.8. The molecular formula is C25H22F6O3. The van der Waals surface area contributed by atoms with Gasteiger partial charge in [-0.2, -0.15) is 13.2 Å². The van der Waals surface area contributed by atoms with Crippen LogP contribution in [-0.2, 0) is 33.2 Å². The standard InChI is InChI=1S/C25H22F6O3/c1-2-32-18-12-33-24(34-13-18)17-7-8-19-16(11-17)6-5-15(23(19)28)4-3-14-9-20(26)22(21(27)10-14)25(29,30)31/h5-11,18,24H,2-4,12-13H2,1H3. The van der Waals surface area contributed by atoms with Crippen molar-refractivity contribution in [1.29, 1.82) is 0 Å². The van der Waals surface area contributed by atoms with Crippen LogP contribution in [0.3, 0.4) is 0 Å². The first kappa shape index (κ1) is 24.5. The molecule has 3 aromatic carbocycles. The zero-order valence-corrected chi connectivity index (χ0v) is 18.2. The predicted molar refractivity (Wildman–Crippen MR) is 113 cm³/mol. The van der Waals surface area contributed by atoms with Crippen molar-refractivity contribution in [2.45, 2.75) is 38.3 Å². The van der Waals surface area contributed by atoms with Crippen LogP contribution in [0.1, 0.15) is 35.5 Å². The fourth-order valence-corrected chi connectivity index (χ4v) is 4.03. The van der Waals surface area contributed by atoms with Crippen molar-refractivity contribution in [3.8, 4) is 0 Å². The van der Waals surface area contributed by atoms with E-state index in [9.17, 15) is 22.0 Å². The Morgan fingerprint density at radius 2 is 1.59 bits per heavy atom. The van der Waals surface area contributed by atoms with Gasteiger partial charge in [0.15, 0.2) is 6.29 Å². The maximum absolute atomic E-state index is 15.1. The minimum absolute atomic E-state index is 0.00907.